The van der Waals surface area contributed by atoms with Crippen LogP contribution in [-0.2, 0) is 0 Å². The maximum absolute atomic E-state index is 12.9. The number of aromatic nitrogens is 2. The first-order valence-corrected chi connectivity index (χ1v) is 14.3. The zero-order chi connectivity index (χ0) is 28.8. The largest absolute Gasteiger partial charge is 0.311 e. The van der Waals surface area contributed by atoms with Crippen LogP contribution in [0.1, 0.15) is 11.1 Å². The molecule has 6 nitrogen and oxygen atoms in total. The number of fused-ring (bicyclic) bond motifs is 2. The van der Waals surface area contributed by atoms with Crippen molar-refractivity contribution in [1.29, 1.82) is 0 Å². The third-order valence-corrected chi connectivity index (χ3v) is 8.02. The van der Waals surface area contributed by atoms with Gasteiger partial charge in [-0.25, -0.2) is 4.99 Å². The Balaban J connectivity index is 1.30. The molecule has 0 fully saturated rings. The molecule has 0 bridgehead atoms. The van der Waals surface area contributed by atoms with E-state index in [4.69, 9.17) is 0 Å². The summed E-state index contributed by atoms with van der Waals surface area (Å²) in [6.45, 7) is 4.17. The normalized spacial score (nSPS) is 11.3. The average molecular weight is 565 g/mol. The van der Waals surface area contributed by atoms with E-state index in [1.165, 1.54) is 11.1 Å². The molecule has 0 radical (unpaired) electrons. The molecule has 1 heterocycles. The molecule has 7 rings (SSSR count). The third kappa shape index (κ3) is 4.40. The molecule has 0 unspecified atom stereocenters. The molecule has 0 aliphatic heterocycles. The summed E-state index contributed by atoms with van der Waals surface area (Å²) >= 11 is 1.08. The van der Waals surface area contributed by atoms with E-state index in [0.29, 0.717) is 27.5 Å². The zero-order valence-electron chi connectivity index (χ0n) is 22.9. The number of rotatable bonds is 5. The lowest BCUT2D eigenvalue weighted by atomic mass is 10.0. The molecule has 202 valence electrons. The summed E-state index contributed by atoms with van der Waals surface area (Å²) in [6, 6.07) is 35.9. The second kappa shape index (κ2) is 10.3. The van der Waals surface area contributed by atoms with Gasteiger partial charge in [-0.2, -0.15) is 8.75 Å². The fourth-order valence-electron chi connectivity index (χ4n) is 5.26. The van der Waals surface area contributed by atoms with Crippen LogP contribution in [0, 0.1) is 13.8 Å². The second-order valence-electron chi connectivity index (χ2n) is 10.3. The van der Waals surface area contributed by atoms with Crippen LogP contribution in [0.5, 0.6) is 0 Å². The van der Waals surface area contributed by atoms with Gasteiger partial charge in [-0.3, -0.25) is 9.59 Å². The van der Waals surface area contributed by atoms with Gasteiger partial charge in [-0.05, 0) is 67.9 Å². The molecule has 6 aromatic carbocycles. The molecule has 0 N–H and O–H groups in total. The van der Waals surface area contributed by atoms with E-state index >= 15 is 0 Å². The number of hydrogen-bond donors (Lipinski definition) is 0. The molecule has 1 aromatic heterocycles. The van der Waals surface area contributed by atoms with Crippen molar-refractivity contribution in [1.82, 2.24) is 8.75 Å². The fraction of sp³-hybridized carbons (Fsp3) is 0.0571. The molecular formula is C35H24N4O2S. The lowest BCUT2D eigenvalue weighted by Crippen LogP contribution is -2.31. The maximum atomic E-state index is 12.9. The van der Waals surface area contributed by atoms with Crippen LogP contribution in [0.25, 0.3) is 32.9 Å². The Kier molecular flexibility index (Phi) is 6.29. The van der Waals surface area contributed by atoms with Crippen LogP contribution >= 0.6 is 11.7 Å². The highest BCUT2D eigenvalue weighted by Gasteiger charge is 2.16. The van der Waals surface area contributed by atoms with Gasteiger partial charge in [0.2, 0.25) is 10.9 Å². The van der Waals surface area contributed by atoms with Crippen molar-refractivity contribution < 1.29 is 0 Å². The number of aryl methyl sites for hydroxylation is 2. The first-order valence-electron chi connectivity index (χ1n) is 13.5. The maximum Gasteiger partial charge on any atom is 0.216 e. The molecule has 0 atom stereocenters. The molecule has 0 aliphatic rings. The summed E-state index contributed by atoms with van der Waals surface area (Å²) in [5, 5.41) is 0.682. The van der Waals surface area contributed by atoms with Gasteiger partial charge in [0.05, 0.1) is 17.4 Å². The zero-order valence-corrected chi connectivity index (χ0v) is 23.7. The van der Waals surface area contributed by atoms with E-state index in [9.17, 15) is 9.59 Å². The topological polar surface area (TPSA) is 75.5 Å². The van der Waals surface area contributed by atoms with Gasteiger partial charge in [-0.15, -0.1) is 0 Å². The Hall–Kier alpha value is -5.27. The molecule has 0 saturated heterocycles. The van der Waals surface area contributed by atoms with Gasteiger partial charge in [-0.1, -0.05) is 71.8 Å². The van der Waals surface area contributed by atoms with Crippen molar-refractivity contribution in [3.63, 3.8) is 0 Å². The van der Waals surface area contributed by atoms with Crippen molar-refractivity contribution in [2.45, 2.75) is 13.8 Å². The van der Waals surface area contributed by atoms with Crippen LogP contribution in [-0.4, -0.2) is 8.75 Å². The minimum Gasteiger partial charge on any atom is -0.311 e. The summed E-state index contributed by atoms with van der Waals surface area (Å²) in [4.78, 5) is 32.6. The van der Waals surface area contributed by atoms with Crippen LogP contribution < -0.4 is 21.1 Å². The molecule has 0 saturated carbocycles. The van der Waals surface area contributed by atoms with Crippen molar-refractivity contribution in [3.8, 4) is 11.1 Å². The lowest BCUT2D eigenvalue weighted by molar-refractivity contribution is 1.27. The Bertz CT molecular complexity index is 2150. The predicted molar refractivity (Wildman–Crippen MR) is 171 cm³/mol. The first kappa shape index (κ1) is 25.7. The molecule has 0 amide bonds. The van der Waals surface area contributed by atoms with Gasteiger partial charge in [0.25, 0.3) is 0 Å². The highest BCUT2D eigenvalue weighted by Crippen LogP contribution is 2.38. The second-order valence-corrected chi connectivity index (χ2v) is 10.8. The van der Waals surface area contributed by atoms with Crippen LogP contribution in [0.3, 0.4) is 0 Å². The minimum absolute atomic E-state index is 0.0881. The fourth-order valence-corrected chi connectivity index (χ4v) is 5.83. The summed E-state index contributed by atoms with van der Waals surface area (Å²) in [5.74, 6) is 0. The van der Waals surface area contributed by atoms with Crippen molar-refractivity contribution in [2.75, 3.05) is 4.90 Å². The molecule has 7 heteroatoms. The average Bonchev–Trinajstić information content (AvgIpc) is 3.60. The van der Waals surface area contributed by atoms with E-state index in [1.807, 2.05) is 6.07 Å². The summed E-state index contributed by atoms with van der Waals surface area (Å²) in [7, 11) is 0. The van der Waals surface area contributed by atoms with Crippen LogP contribution in [0.4, 0.5) is 22.7 Å². The standard InChI is InChI=1S/C35H24N4O2S/c1-21-7-13-24(14-8-21)39(25-15-9-22(2)10-16-25)26-17-11-23(12-18-26)27-19-20-30(32-31(27)37-42-38-32)36-33-34(40)28-5-3-4-6-29(28)35(33)41/h3-20H,1-2H3. The SMILES string of the molecule is Cc1ccc(N(c2ccc(C)cc2)c2ccc(-c3ccc(N=c4c(=O)c5ccccc5c4=O)c4nsnc34)cc2)cc1. The Morgan fingerprint density at radius 1 is 0.595 bits per heavy atom. The predicted octanol–water partition coefficient (Wildman–Crippen LogP) is 7.43. The number of nitrogens with zero attached hydrogens (tertiary/aromatic N) is 4. The summed E-state index contributed by atoms with van der Waals surface area (Å²) < 4.78 is 9.04. The van der Waals surface area contributed by atoms with Crippen molar-refractivity contribution >= 4 is 56.3 Å². The molecule has 7 aromatic rings. The van der Waals surface area contributed by atoms with E-state index in [-0.39, 0.29) is 16.2 Å². The number of benzene rings is 5. The highest BCUT2D eigenvalue weighted by atomic mass is 32.1. The van der Waals surface area contributed by atoms with E-state index in [1.54, 1.807) is 30.3 Å². The van der Waals surface area contributed by atoms with Gasteiger partial charge < -0.3 is 4.90 Å². The molecular weight excluding hydrogens is 540 g/mol. The van der Waals surface area contributed by atoms with E-state index in [0.717, 1.165) is 39.9 Å². The number of anilines is 3. The Labute approximate surface area is 245 Å². The first-order chi connectivity index (χ1) is 20.5. The van der Waals surface area contributed by atoms with Crippen molar-refractivity contribution in [2.24, 2.45) is 4.99 Å². The van der Waals surface area contributed by atoms with Crippen molar-refractivity contribution in [3.05, 3.63) is 146 Å². The molecule has 0 spiro atoms. The van der Waals surface area contributed by atoms with Crippen LogP contribution in [0.15, 0.2) is 124 Å². The quantitative estimate of drug-likeness (QED) is 0.217. The highest BCUT2D eigenvalue weighted by molar-refractivity contribution is 7.00. The summed E-state index contributed by atoms with van der Waals surface area (Å²) in [5.41, 5.74) is 8.44. The van der Waals surface area contributed by atoms with Gasteiger partial charge in [0, 0.05) is 33.4 Å². The Morgan fingerprint density at radius 2 is 1.10 bits per heavy atom. The van der Waals surface area contributed by atoms with Crippen LogP contribution in [0.2, 0.25) is 0 Å². The minimum atomic E-state index is -0.363. The summed E-state index contributed by atoms with van der Waals surface area (Å²) in [6.07, 6.45) is 0. The Morgan fingerprint density at radius 3 is 1.64 bits per heavy atom. The lowest BCUT2D eigenvalue weighted by Gasteiger charge is -2.26. The van der Waals surface area contributed by atoms with Gasteiger partial charge in [0.15, 0.2) is 5.36 Å². The number of hydrogen-bond acceptors (Lipinski definition) is 7. The molecule has 0 aliphatic carbocycles. The van der Waals surface area contributed by atoms with E-state index in [2.05, 4.69) is 105 Å². The van der Waals surface area contributed by atoms with E-state index < -0.39 is 0 Å². The monoisotopic (exact) mass is 564 g/mol. The smallest absolute Gasteiger partial charge is 0.216 e. The van der Waals surface area contributed by atoms with Gasteiger partial charge >= 0.3 is 0 Å². The third-order valence-electron chi connectivity index (χ3n) is 7.49. The van der Waals surface area contributed by atoms with Gasteiger partial charge in [0.1, 0.15) is 11.0 Å². The molecule has 42 heavy (non-hydrogen) atoms.